The molecule has 24 heavy (non-hydrogen) atoms. The van der Waals surface area contributed by atoms with Crippen LogP contribution in [0.2, 0.25) is 0 Å². The number of methoxy groups -OCH3 is 1. The Hall–Kier alpha value is -3.08. The molecular weight excluding hydrogens is 300 g/mol. The van der Waals surface area contributed by atoms with Crippen molar-refractivity contribution in [3.05, 3.63) is 72.4 Å². The fraction of sp³-hybridized carbons (Fsp3) is 0.158. The second-order valence-corrected chi connectivity index (χ2v) is 5.28. The first-order valence-corrected chi connectivity index (χ1v) is 7.85. The van der Waals surface area contributed by atoms with Crippen molar-refractivity contribution in [2.75, 3.05) is 24.3 Å². The molecule has 0 aliphatic carbocycles. The van der Waals surface area contributed by atoms with Gasteiger partial charge in [-0.15, -0.1) is 0 Å². The molecule has 2 N–H and O–H groups in total. The van der Waals surface area contributed by atoms with E-state index in [0.29, 0.717) is 5.95 Å². The standard InChI is InChI=1S/C19H20N4O/c1-24-17-9-7-16(8-10-17)22-19-21-14-12-18(23-19)20-13-11-15-5-3-2-4-6-15/h2-10,12,14H,11,13H2,1H3,(H2,20,21,22,23). The summed E-state index contributed by atoms with van der Waals surface area (Å²) in [7, 11) is 1.65. The van der Waals surface area contributed by atoms with Gasteiger partial charge in [-0.2, -0.15) is 4.98 Å². The highest BCUT2D eigenvalue weighted by molar-refractivity contribution is 5.55. The molecule has 0 radical (unpaired) electrons. The average Bonchev–Trinajstić information content (AvgIpc) is 2.64. The van der Waals surface area contributed by atoms with Crippen molar-refractivity contribution >= 4 is 17.5 Å². The summed E-state index contributed by atoms with van der Waals surface area (Å²) in [5.41, 5.74) is 2.22. The van der Waals surface area contributed by atoms with Crippen molar-refractivity contribution in [1.82, 2.24) is 9.97 Å². The van der Waals surface area contributed by atoms with Gasteiger partial charge in [-0.05, 0) is 42.3 Å². The van der Waals surface area contributed by atoms with Crippen molar-refractivity contribution in [3.63, 3.8) is 0 Å². The first-order valence-electron chi connectivity index (χ1n) is 7.85. The molecule has 3 rings (SSSR count). The maximum atomic E-state index is 5.15. The number of hydrogen-bond donors (Lipinski definition) is 2. The Morgan fingerprint density at radius 1 is 0.958 bits per heavy atom. The van der Waals surface area contributed by atoms with E-state index in [-0.39, 0.29) is 0 Å². The fourth-order valence-electron chi connectivity index (χ4n) is 2.30. The molecule has 5 nitrogen and oxygen atoms in total. The quantitative estimate of drug-likeness (QED) is 0.692. The highest BCUT2D eigenvalue weighted by Gasteiger charge is 2.01. The van der Waals surface area contributed by atoms with Crippen molar-refractivity contribution < 1.29 is 4.74 Å². The zero-order valence-electron chi connectivity index (χ0n) is 13.6. The lowest BCUT2D eigenvalue weighted by Crippen LogP contribution is -2.07. The van der Waals surface area contributed by atoms with Crippen LogP contribution in [0.1, 0.15) is 5.56 Å². The largest absolute Gasteiger partial charge is 0.497 e. The van der Waals surface area contributed by atoms with Crippen molar-refractivity contribution in [2.45, 2.75) is 6.42 Å². The number of anilines is 3. The van der Waals surface area contributed by atoms with Crippen molar-refractivity contribution in [3.8, 4) is 5.75 Å². The van der Waals surface area contributed by atoms with Gasteiger partial charge in [0.15, 0.2) is 0 Å². The maximum Gasteiger partial charge on any atom is 0.229 e. The van der Waals surface area contributed by atoms with Gasteiger partial charge in [-0.1, -0.05) is 30.3 Å². The smallest absolute Gasteiger partial charge is 0.229 e. The molecule has 2 aromatic carbocycles. The van der Waals surface area contributed by atoms with E-state index < -0.39 is 0 Å². The number of nitrogens with one attached hydrogen (secondary N) is 2. The Balaban J connectivity index is 1.57. The number of ether oxygens (including phenoxy) is 1. The topological polar surface area (TPSA) is 59.1 Å². The van der Waals surface area contributed by atoms with E-state index in [9.17, 15) is 0 Å². The van der Waals surface area contributed by atoms with Crippen LogP contribution < -0.4 is 15.4 Å². The molecular formula is C19H20N4O. The van der Waals surface area contributed by atoms with Gasteiger partial charge in [-0.25, -0.2) is 4.98 Å². The average molecular weight is 320 g/mol. The third-order valence-electron chi connectivity index (χ3n) is 3.56. The van der Waals surface area contributed by atoms with Gasteiger partial charge in [0.1, 0.15) is 11.6 Å². The molecule has 1 aromatic heterocycles. The summed E-state index contributed by atoms with van der Waals surface area (Å²) in [5.74, 6) is 2.18. The van der Waals surface area contributed by atoms with Crippen LogP contribution >= 0.6 is 0 Å². The van der Waals surface area contributed by atoms with Crippen LogP contribution in [0.15, 0.2) is 66.9 Å². The predicted octanol–water partition coefficient (Wildman–Crippen LogP) is 3.88. The Kier molecular flexibility index (Phi) is 5.24. The van der Waals surface area contributed by atoms with Crippen molar-refractivity contribution in [2.24, 2.45) is 0 Å². The molecule has 0 unspecified atom stereocenters. The van der Waals surface area contributed by atoms with E-state index in [1.807, 2.05) is 36.4 Å². The minimum Gasteiger partial charge on any atom is -0.497 e. The van der Waals surface area contributed by atoms with Gasteiger partial charge < -0.3 is 15.4 Å². The maximum absolute atomic E-state index is 5.15. The molecule has 1 heterocycles. The highest BCUT2D eigenvalue weighted by Crippen LogP contribution is 2.18. The monoisotopic (exact) mass is 320 g/mol. The number of hydrogen-bond acceptors (Lipinski definition) is 5. The van der Waals surface area contributed by atoms with Gasteiger partial charge in [0.05, 0.1) is 7.11 Å². The Morgan fingerprint density at radius 3 is 2.50 bits per heavy atom. The van der Waals surface area contributed by atoms with Crippen LogP contribution in [-0.4, -0.2) is 23.6 Å². The molecule has 0 amide bonds. The lowest BCUT2D eigenvalue weighted by Gasteiger charge is -2.09. The molecule has 0 saturated heterocycles. The first-order chi connectivity index (χ1) is 11.8. The summed E-state index contributed by atoms with van der Waals surface area (Å²) in [6.07, 6.45) is 2.69. The normalized spacial score (nSPS) is 10.2. The minimum absolute atomic E-state index is 0.560. The second kappa shape index (κ2) is 7.97. The first kappa shape index (κ1) is 15.8. The fourth-order valence-corrected chi connectivity index (χ4v) is 2.30. The third-order valence-corrected chi connectivity index (χ3v) is 3.56. The number of rotatable bonds is 7. The molecule has 122 valence electrons. The summed E-state index contributed by atoms with van der Waals surface area (Å²) in [6.45, 7) is 0.822. The molecule has 5 heteroatoms. The predicted molar refractivity (Wildman–Crippen MR) is 96.9 cm³/mol. The molecule has 0 atom stereocenters. The summed E-state index contributed by atoms with van der Waals surface area (Å²) in [4.78, 5) is 8.73. The number of aromatic nitrogens is 2. The highest BCUT2D eigenvalue weighted by atomic mass is 16.5. The summed E-state index contributed by atoms with van der Waals surface area (Å²) >= 11 is 0. The van der Waals surface area contributed by atoms with Crippen LogP contribution in [0.3, 0.4) is 0 Å². The van der Waals surface area contributed by atoms with Crippen LogP contribution in [0.5, 0.6) is 5.75 Å². The van der Waals surface area contributed by atoms with E-state index in [1.165, 1.54) is 5.56 Å². The van der Waals surface area contributed by atoms with E-state index >= 15 is 0 Å². The van der Waals surface area contributed by atoms with Crippen LogP contribution in [0.4, 0.5) is 17.5 Å². The Bertz CT molecular complexity index is 760. The molecule has 3 aromatic rings. The molecule has 0 spiro atoms. The van der Waals surface area contributed by atoms with Gasteiger partial charge >= 0.3 is 0 Å². The Morgan fingerprint density at radius 2 is 1.75 bits per heavy atom. The van der Waals surface area contributed by atoms with E-state index in [1.54, 1.807) is 13.3 Å². The van der Waals surface area contributed by atoms with Gasteiger partial charge in [0.25, 0.3) is 0 Å². The summed E-state index contributed by atoms with van der Waals surface area (Å²) in [6, 6.07) is 19.9. The van der Waals surface area contributed by atoms with Gasteiger partial charge in [0.2, 0.25) is 5.95 Å². The zero-order chi connectivity index (χ0) is 16.6. The second-order valence-electron chi connectivity index (χ2n) is 5.28. The van der Waals surface area contributed by atoms with Crippen LogP contribution in [0.25, 0.3) is 0 Å². The van der Waals surface area contributed by atoms with Crippen LogP contribution in [-0.2, 0) is 6.42 Å². The lowest BCUT2D eigenvalue weighted by atomic mass is 10.1. The minimum atomic E-state index is 0.560. The molecule has 0 saturated carbocycles. The van der Waals surface area contributed by atoms with E-state index in [2.05, 4.69) is 44.9 Å². The summed E-state index contributed by atoms with van der Waals surface area (Å²) < 4.78 is 5.15. The SMILES string of the molecule is COc1ccc(Nc2nccc(NCCc3ccccc3)n2)cc1. The lowest BCUT2D eigenvalue weighted by molar-refractivity contribution is 0.415. The third kappa shape index (κ3) is 4.46. The van der Waals surface area contributed by atoms with Crippen molar-refractivity contribution in [1.29, 1.82) is 0 Å². The zero-order valence-corrected chi connectivity index (χ0v) is 13.6. The molecule has 0 aliphatic heterocycles. The number of benzene rings is 2. The summed E-state index contributed by atoms with van der Waals surface area (Å²) in [5, 5.41) is 6.51. The van der Waals surface area contributed by atoms with Gasteiger partial charge in [0, 0.05) is 18.4 Å². The number of nitrogens with zero attached hydrogens (tertiary/aromatic N) is 2. The van der Waals surface area contributed by atoms with E-state index in [4.69, 9.17) is 4.74 Å². The molecule has 0 fully saturated rings. The molecule has 0 aliphatic rings. The Labute approximate surface area is 141 Å². The molecule has 0 bridgehead atoms. The van der Waals surface area contributed by atoms with E-state index in [0.717, 1.165) is 30.2 Å². The van der Waals surface area contributed by atoms with Crippen LogP contribution in [0, 0.1) is 0 Å². The van der Waals surface area contributed by atoms with Gasteiger partial charge in [-0.3, -0.25) is 0 Å².